The first kappa shape index (κ1) is 21.8. The highest BCUT2D eigenvalue weighted by atomic mass is 35.5. The molecular weight excluding hydrogens is 448 g/mol. The summed E-state index contributed by atoms with van der Waals surface area (Å²) in [5, 5.41) is 3.63. The highest BCUT2D eigenvalue weighted by molar-refractivity contribution is 7.20. The number of anilines is 1. The van der Waals surface area contributed by atoms with E-state index in [1.165, 1.54) is 11.3 Å². The molecule has 0 atom stereocenters. The molecule has 8 heteroatoms. The van der Waals surface area contributed by atoms with Crippen LogP contribution in [0.5, 0.6) is 11.5 Å². The fourth-order valence-corrected chi connectivity index (χ4v) is 4.11. The van der Waals surface area contributed by atoms with Crippen LogP contribution in [0.15, 0.2) is 66.7 Å². The molecule has 1 aromatic heterocycles. The third-order valence-corrected chi connectivity index (χ3v) is 5.81. The zero-order valence-electron chi connectivity index (χ0n) is 17.1. The van der Waals surface area contributed by atoms with Crippen molar-refractivity contribution >= 4 is 50.7 Å². The number of halogens is 1. The van der Waals surface area contributed by atoms with Gasteiger partial charge in [0.05, 0.1) is 28.3 Å². The van der Waals surface area contributed by atoms with Crippen molar-refractivity contribution in [3.63, 3.8) is 0 Å². The van der Waals surface area contributed by atoms with Gasteiger partial charge in [-0.25, -0.2) is 4.98 Å². The Hall–Kier alpha value is -3.42. The molecule has 0 spiro atoms. The molecule has 0 radical (unpaired) electrons. The van der Waals surface area contributed by atoms with Gasteiger partial charge < -0.3 is 14.8 Å². The average molecular weight is 467 g/mol. The number of esters is 1. The molecule has 6 nitrogen and oxygen atoms in total. The van der Waals surface area contributed by atoms with E-state index < -0.39 is 0 Å². The SMILES string of the molecule is CCOC(=O)Cc1ccc(Oc2ccc(NC(=O)c3nc4ccccc4s3)cc2)c(Cl)c1. The number of fused-ring (bicyclic) bond motifs is 1. The number of carbonyl (C=O) groups excluding carboxylic acids is 2. The Morgan fingerprint density at radius 2 is 1.84 bits per heavy atom. The summed E-state index contributed by atoms with van der Waals surface area (Å²) in [4.78, 5) is 28.5. The van der Waals surface area contributed by atoms with Gasteiger partial charge in [-0.2, -0.15) is 0 Å². The number of hydrogen-bond acceptors (Lipinski definition) is 6. The molecule has 32 heavy (non-hydrogen) atoms. The van der Waals surface area contributed by atoms with Gasteiger partial charge in [0.15, 0.2) is 5.01 Å². The van der Waals surface area contributed by atoms with Crippen molar-refractivity contribution in [1.82, 2.24) is 4.98 Å². The van der Waals surface area contributed by atoms with Gasteiger partial charge >= 0.3 is 5.97 Å². The highest BCUT2D eigenvalue weighted by Crippen LogP contribution is 2.31. The van der Waals surface area contributed by atoms with Gasteiger partial charge in [-0.1, -0.05) is 29.8 Å². The van der Waals surface area contributed by atoms with Crippen LogP contribution < -0.4 is 10.1 Å². The van der Waals surface area contributed by atoms with Gasteiger partial charge in [-0.15, -0.1) is 11.3 Å². The van der Waals surface area contributed by atoms with Crippen molar-refractivity contribution in [1.29, 1.82) is 0 Å². The van der Waals surface area contributed by atoms with E-state index in [2.05, 4.69) is 10.3 Å². The minimum absolute atomic E-state index is 0.150. The summed E-state index contributed by atoms with van der Waals surface area (Å²) in [7, 11) is 0. The van der Waals surface area contributed by atoms with Crippen molar-refractivity contribution in [2.75, 3.05) is 11.9 Å². The molecule has 0 aliphatic carbocycles. The molecule has 0 fully saturated rings. The zero-order chi connectivity index (χ0) is 22.5. The van der Waals surface area contributed by atoms with E-state index >= 15 is 0 Å². The number of nitrogens with zero attached hydrogens (tertiary/aromatic N) is 1. The Morgan fingerprint density at radius 1 is 1.06 bits per heavy atom. The standard InChI is InChI=1S/C24H19ClN2O4S/c1-2-30-22(28)14-15-7-12-20(18(25)13-15)31-17-10-8-16(9-11-17)26-23(29)24-27-19-5-3-4-6-21(19)32-24/h3-13H,2,14H2,1H3,(H,26,29). The Morgan fingerprint density at radius 3 is 2.56 bits per heavy atom. The van der Waals surface area contributed by atoms with Gasteiger partial charge in [0.25, 0.3) is 5.91 Å². The molecule has 0 unspecified atom stereocenters. The summed E-state index contributed by atoms with van der Waals surface area (Å²) in [5.41, 5.74) is 2.17. The Labute approximate surface area is 193 Å². The van der Waals surface area contributed by atoms with Crippen molar-refractivity contribution in [2.45, 2.75) is 13.3 Å². The van der Waals surface area contributed by atoms with Gasteiger partial charge in [-0.05, 0) is 61.0 Å². The fourth-order valence-electron chi connectivity index (χ4n) is 3.00. The lowest BCUT2D eigenvalue weighted by Crippen LogP contribution is -2.11. The summed E-state index contributed by atoms with van der Waals surface area (Å²) in [6.45, 7) is 2.10. The maximum Gasteiger partial charge on any atom is 0.310 e. The second-order valence-corrected chi connectivity index (χ2v) is 8.25. The topological polar surface area (TPSA) is 77.5 Å². The van der Waals surface area contributed by atoms with Crippen LogP contribution in [0.2, 0.25) is 5.02 Å². The molecule has 0 saturated carbocycles. The Bertz CT molecular complexity index is 1240. The summed E-state index contributed by atoms with van der Waals surface area (Å²) < 4.78 is 11.7. The Kier molecular flexibility index (Phi) is 6.68. The first-order valence-electron chi connectivity index (χ1n) is 9.90. The molecule has 0 aliphatic heterocycles. The van der Waals surface area contributed by atoms with Crippen molar-refractivity contribution < 1.29 is 19.1 Å². The molecule has 162 valence electrons. The number of aromatic nitrogens is 1. The molecule has 1 heterocycles. The lowest BCUT2D eigenvalue weighted by Gasteiger charge is -2.10. The summed E-state index contributed by atoms with van der Waals surface area (Å²) in [6, 6.07) is 19.7. The molecule has 3 aromatic carbocycles. The maximum atomic E-state index is 12.5. The summed E-state index contributed by atoms with van der Waals surface area (Å²) in [5.74, 6) is 0.453. The monoisotopic (exact) mass is 466 g/mol. The second-order valence-electron chi connectivity index (χ2n) is 6.81. The zero-order valence-corrected chi connectivity index (χ0v) is 18.7. The van der Waals surface area contributed by atoms with E-state index in [1.54, 1.807) is 49.4 Å². The number of rotatable bonds is 7. The normalized spacial score (nSPS) is 10.7. The van der Waals surface area contributed by atoms with Gasteiger partial charge in [0, 0.05) is 5.69 Å². The molecule has 4 aromatic rings. The van der Waals surface area contributed by atoms with Crippen LogP contribution in [0, 0.1) is 0 Å². The number of hydrogen-bond donors (Lipinski definition) is 1. The van der Waals surface area contributed by atoms with Crippen LogP contribution in [-0.4, -0.2) is 23.5 Å². The minimum Gasteiger partial charge on any atom is -0.466 e. The van der Waals surface area contributed by atoms with Crippen LogP contribution in [0.1, 0.15) is 22.3 Å². The maximum absolute atomic E-state index is 12.5. The van der Waals surface area contributed by atoms with E-state index in [0.717, 1.165) is 15.8 Å². The van der Waals surface area contributed by atoms with E-state index in [9.17, 15) is 9.59 Å². The molecule has 1 N–H and O–H groups in total. The molecule has 0 aliphatic rings. The summed E-state index contributed by atoms with van der Waals surface area (Å²) >= 11 is 7.65. The molecule has 1 amide bonds. The third-order valence-electron chi connectivity index (χ3n) is 4.48. The van der Waals surface area contributed by atoms with Crippen LogP contribution in [0.4, 0.5) is 5.69 Å². The summed E-state index contributed by atoms with van der Waals surface area (Å²) in [6.07, 6.45) is 0.150. The van der Waals surface area contributed by atoms with Crippen LogP contribution >= 0.6 is 22.9 Å². The van der Waals surface area contributed by atoms with E-state index in [1.807, 2.05) is 24.3 Å². The number of thiazole rings is 1. The van der Waals surface area contributed by atoms with E-state index in [0.29, 0.717) is 33.8 Å². The smallest absolute Gasteiger partial charge is 0.310 e. The van der Waals surface area contributed by atoms with E-state index in [4.69, 9.17) is 21.1 Å². The number of nitrogens with one attached hydrogen (secondary N) is 1. The van der Waals surface area contributed by atoms with Crippen LogP contribution in [0.25, 0.3) is 10.2 Å². The average Bonchev–Trinajstić information content (AvgIpc) is 3.22. The van der Waals surface area contributed by atoms with Crippen LogP contribution in [0.3, 0.4) is 0 Å². The van der Waals surface area contributed by atoms with Crippen molar-refractivity contribution in [2.24, 2.45) is 0 Å². The number of benzene rings is 3. The molecule has 0 saturated heterocycles. The van der Waals surface area contributed by atoms with E-state index in [-0.39, 0.29) is 18.3 Å². The number of carbonyl (C=O) groups is 2. The van der Waals surface area contributed by atoms with Crippen molar-refractivity contribution in [3.8, 4) is 11.5 Å². The molecule has 0 bridgehead atoms. The number of ether oxygens (including phenoxy) is 2. The third kappa shape index (κ3) is 5.25. The second kappa shape index (κ2) is 9.80. The lowest BCUT2D eigenvalue weighted by atomic mass is 10.1. The molecular formula is C24H19ClN2O4S. The lowest BCUT2D eigenvalue weighted by molar-refractivity contribution is -0.142. The quantitative estimate of drug-likeness (QED) is 0.333. The van der Waals surface area contributed by atoms with Gasteiger partial charge in [0.2, 0.25) is 0 Å². The van der Waals surface area contributed by atoms with Crippen LogP contribution in [-0.2, 0) is 16.0 Å². The number of amides is 1. The largest absolute Gasteiger partial charge is 0.466 e. The minimum atomic E-state index is -0.305. The molecule has 4 rings (SSSR count). The highest BCUT2D eigenvalue weighted by Gasteiger charge is 2.13. The predicted molar refractivity (Wildman–Crippen MR) is 126 cm³/mol. The first-order chi connectivity index (χ1) is 15.5. The Balaban J connectivity index is 1.39. The van der Waals surface area contributed by atoms with Gasteiger partial charge in [0.1, 0.15) is 11.5 Å². The predicted octanol–water partition coefficient (Wildman–Crippen LogP) is 6.10. The van der Waals surface area contributed by atoms with Gasteiger partial charge in [-0.3, -0.25) is 9.59 Å². The number of para-hydroxylation sites is 1. The van der Waals surface area contributed by atoms with Crippen molar-refractivity contribution in [3.05, 3.63) is 82.3 Å². The first-order valence-corrected chi connectivity index (χ1v) is 11.1. The fraction of sp³-hybridized carbons (Fsp3) is 0.125.